The average Bonchev–Trinajstić information content (AvgIpc) is 1.81. The van der Waals surface area contributed by atoms with E-state index < -0.39 is 0 Å². The Morgan fingerprint density at radius 3 is 2.62 bits per heavy atom. The van der Waals surface area contributed by atoms with Crippen LogP contribution in [0.25, 0.3) is 0 Å². The van der Waals surface area contributed by atoms with Crippen molar-refractivity contribution in [1.82, 2.24) is 0 Å². The summed E-state index contributed by atoms with van der Waals surface area (Å²) >= 11 is 3.17. The molecule has 8 heavy (non-hydrogen) atoms. The van der Waals surface area contributed by atoms with Gasteiger partial charge in [0.25, 0.3) is 0 Å². The zero-order valence-electron chi connectivity index (χ0n) is 5.10. The molecule has 0 atom stereocenters. The molecule has 0 heterocycles. The Labute approximate surface area is 59.4 Å². The molecule has 0 nitrogen and oxygen atoms in total. The lowest BCUT2D eigenvalue weighted by Crippen LogP contribution is -1.57. The first-order valence-electron chi connectivity index (χ1n) is 2.83. The molecule has 0 bridgehead atoms. The highest BCUT2D eigenvalue weighted by Crippen LogP contribution is 1.89. The van der Waals surface area contributed by atoms with Crippen molar-refractivity contribution in [2.24, 2.45) is 0 Å². The van der Waals surface area contributed by atoms with Crippen molar-refractivity contribution in [3.63, 3.8) is 0 Å². The Balaban J connectivity index is 3.07. The molecular formula is C7H11Br. The molecule has 0 rings (SSSR count). The summed E-state index contributed by atoms with van der Waals surface area (Å²) in [6.45, 7) is 2.17. The van der Waals surface area contributed by atoms with Gasteiger partial charge in [-0.25, -0.2) is 0 Å². The van der Waals surface area contributed by atoms with Crippen molar-refractivity contribution in [1.29, 1.82) is 0 Å². The quantitative estimate of drug-likeness (QED) is 0.577. The van der Waals surface area contributed by atoms with E-state index in [0.717, 1.165) is 0 Å². The minimum absolute atomic E-state index is 1.18. The van der Waals surface area contributed by atoms with E-state index in [0.29, 0.717) is 0 Å². The summed E-state index contributed by atoms with van der Waals surface area (Å²) in [6.07, 6.45) is 8.57. The van der Waals surface area contributed by atoms with Crippen LogP contribution in [0.1, 0.15) is 19.8 Å². The molecule has 46 valence electrons. The van der Waals surface area contributed by atoms with E-state index in [1.807, 2.05) is 17.1 Å². The highest BCUT2D eigenvalue weighted by Gasteiger charge is 1.67. The molecule has 0 saturated heterocycles. The molecule has 0 aliphatic carbocycles. The van der Waals surface area contributed by atoms with Crippen molar-refractivity contribution in [2.75, 3.05) is 0 Å². The van der Waals surface area contributed by atoms with Gasteiger partial charge in [-0.2, -0.15) is 0 Å². The van der Waals surface area contributed by atoms with Gasteiger partial charge in [0.1, 0.15) is 0 Å². The van der Waals surface area contributed by atoms with E-state index in [2.05, 4.69) is 28.9 Å². The van der Waals surface area contributed by atoms with Gasteiger partial charge < -0.3 is 0 Å². The van der Waals surface area contributed by atoms with E-state index in [1.165, 1.54) is 12.8 Å². The van der Waals surface area contributed by atoms with E-state index in [9.17, 15) is 0 Å². The van der Waals surface area contributed by atoms with Crippen molar-refractivity contribution in [3.8, 4) is 0 Å². The third-order valence-corrected chi connectivity index (χ3v) is 1.08. The van der Waals surface area contributed by atoms with Crippen LogP contribution in [0.3, 0.4) is 0 Å². The molecule has 0 aromatic rings. The monoisotopic (exact) mass is 174 g/mol. The molecule has 0 aromatic carbocycles. The summed E-state index contributed by atoms with van der Waals surface area (Å²) in [7, 11) is 0. The second-order valence-electron chi connectivity index (χ2n) is 1.54. The Hall–Kier alpha value is -0.0400. The van der Waals surface area contributed by atoms with Gasteiger partial charge in [-0.15, -0.1) is 0 Å². The van der Waals surface area contributed by atoms with Gasteiger partial charge in [0.2, 0.25) is 0 Å². The number of unbranched alkanes of at least 4 members (excludes halogenated alkanes) is 1. The van der Waals surface area contributed by atoms with Gasteiger partial charge in [-0.05, 0) is 11.4 Å². The lowest BCUT2D eigenvalue weighted by atomic mass is 10.3. The van der Waals surface area contributed by atoms with Crippen LogP contribution in [-0.2, 0) is 0 Å². The molecule has 0 spiro atoms. The second kappa shape index (κ2) is 6.96. The highest BCUT2D eigenvalue weighted by atomic mass is 79.9. The van der Waals surface area contributed by atoms with Crippen molar-refractivity contribution >= 4 is 15.9 Å². The fourth-order valence-corrected chi connectivity index (χ4v) is 0.560. The van der Waals surface area contributed by atoms with E-state index in [1.54, 1.807) is 0 Å². The van der Waals surface area contributed by atoms with Crippen molar-refractivity contribution in [2.45, 2.75) is 19.8 Å². The van der Waals surface area contributed by atoms with Gasteiger partial charge in [-0.3, -0.25) is 0 Å². The fourth-order valence-electron chi connectivity index (χ4n) is 0.383. The number of hydrogen-bond donors (Lipinski definition) is 0. The van der Waals surface area contributed by atoms with Gasteiger partial charge in [0, 0.05) is 0 Å². The molecule has 0 radical (unpaired) electrons. The third-order valence-electron chi connectivity index (χ3n) is 0.775. The van der Waals surface area contributed by atoms with Crippen LogP contribution in [-0.4, -0.2) is 0 Å². The average molecular weight is 175 g/mol. The molecule has 0 saturated carbocycles. The first-order chi connectivity index (χ1) is 3.91. The molecule has 0 aliphatic rings. The Bertz CT molecular complexity index is 82.4. The van der Waals surface area contributed by atoms with Crippen LogP contribution in [0.15, 0.2) is 23.2 Å². The topological polar surface area (TPSA) is 0 Å². The molecule has 0 fully saturated rings. The smallest absolute Gasteiger partial charge is 0.0189 e. The number of rotatable bonds is 3. The van der Waals surface area contributed by atoms with Gasteiger partial charge in [0.05, 0.1) is 0 Å². The zero-order valence-corrected chi connectivity index (χ0v) is 6.69. The maximum atomic E-state index is 3.17. The van der Waals surface area contributed by atoms with Crippen LogP contribution in [0.4, 0.5) is 0 Å². The van der Waals surface area contributed by atoms with Crippen molar-refractivity contribution < 1.29 is 0 Å². The van der Waals surface area contributed by atoms with E-state index >= 15 is 0 Å². The summed E-state index contributed by atoms with van der Waals surface area (Å²) in [5.41, 5.74) is 0. The van der Waals surface area contributed by atoms with Crippen molar-refractivity contribution in [3.05, 3.63) is 23.2 Å². The Morgan fingerprint density at radius 1 is 1.38 bits per heavy atom. The Morgan fingerprint density at radius 2 is 2.12 bits per heavy atom. The normalized spacial score (nSPS) is 11.8. The summed E-state index contributed by atoms with van der Waals surface area (Å²) in [5, 5.41) is 0. The second-order valence-corrected chi connectivity index (χ2v) is 2.06. The summed E-state index contributed by atoms with van der Waals surface area (Å²) in [5.74, 6) is 0. The summed E-state index contributed by atoms with van der Waals surface area (Å²) in [4.78, 5) is 1.85. The number of hydrogen-bond acceptors (Lipinski definition) is 0. The van der Waals surface area contributed by atoms with Gasteiger partial charge >= 0.3 is 0 Å². The SMILES string of the molecule is CCCC=CC=CBr. The van der Waals surface area contributed by atoms with Crippen LogP contribution in [0.5, 0.6) is 0 Å². The third kappa shape index (κ3) is 5.96. The minimum Gasteiger partial charge on any atom is -0.0845 e. The highest BCUT2D eigenvalue weighted by molar-refractivity contribution is 9.11. The van der Waals surface area contributed by atoms with E-state index in [4.69, 9.17) is 0 Å². The van der Waals surface area contributed by atoms with E-state index in [-0.39, 0.29) is 0 Å². The maximum Gasteiger partial charge on any atom is -0.0189 e. The predicted molar refractivity (Wildman–Crippen MR) is 42.1 cm³/mol. The molecule has 0 N–H and O–H groups in total. The lowest BCUT2D eigenvalue weighted by Gasteiger charge is -1.78. The lowest BCUT2D eigenvalue weighted by molar-refractivity contribution is 0.959. The molecular weight excluding hydrogens is 164 g/mol. The largest absolute Gasteiger partial charge is 0.0845 e. The molecule has 0 unspecified atom stereocenters. The standard InChI is InChI=1S/C7H11Br/c1-2-3-4-5-6-7-8/h4-7H,2-3H2,1H3. The molecule has 1 heteroatoms. The van der Waals surface area contributed by atoms with Crippen LogP contribution in [0, 0.1) is 0 Å². The summed E-state index contributed by atoms with van der Waals surface area (Å²) in [6, 6.07) is 0. The number of halogens is 1. The first kappa shape index (κ1) is 7.96. The van der Waals surface area contributed by atoms with Gasteiger partial charge in [0.15, 0.2) is 0 Å². The Kier molecular flexibility index (Phi) is 6.93. The first-order valence-corrected chi connectivity index (χ1v) is 3.75. The molecule has 0 aliphatic heterocycles. The molecule has 0 aromatic heterocycles. The number of allylic oxidation sites excluding steroid dienone is 3. The van der Waals surface area contributed by atoms with Crippen LogP contribution in [0.2, 0.25) is 0 Å². The van der Waals surface area contributed by atoms with Crippen LogP contribution >= 0.6 is 15.9 Å². The van der Waals surface area contributed by atoms with Gasteiger partial charge in [-0.1, -0.05) is 47.5 Å². The zero-order chi connectivity index (χ0) is 6.24. The van der Waals surface area contributed by atoms with Crippen LogP contribution < -0.4 is 0 Å². The minimum atomic E-state index is 1.18. The summed E-state index contributed by atoms with van der Waals surface area (Å²) < 4.78 is 0. The molecule has 0 amide bonds. The fraction of sp³-hybridized carbons (Fsp3) is 0.429. The maximum absolute atomic E-state index is 3.17. The predicted octanol–water partition coefficient (Wildman–Crippen LogP) is 3.25.